The van der Waals surface area contributed by atoms with Crippen LogP contribution in [-0.4, -0.2) is 62.1 Å². The van der Waals surface area contributed by atoms with E-state index in [2.05, 4.69) is 14.6 Å². The van der Waals surface area contributed by atoms with E-state index in [4.69, 9.17) is 9.47 Å². The fourth-order valence-corrected chi connectivity index (χ4v) is 6.25. The molecule has 2 aliphatic heterocycles. The van der Waals surface area contributed by atoms with Crippen LogP contribution in [0.3, 0.4) is 0 Å². The highest BCUT2D eigenvalue weighted by atomic mass is 32.2. The summed E-state index contributed by atoms with van der Waals surface area (Å²) in [6, 6.07) is 12.5. The fraction of sp³-hybridized carbons (Fsp3) is 0.333. The molecule has 0 radical (unpaired) electrons. The van der Waals surface area contributed by atoms with Crippen LogP contribution in [0.5, 0.6) is 11.5 Å². The van der Waals surface area contributed by atoms with Crippen molar-refractivity contribution in [3.63, 3.8) is 0 Å². The molecule has 0 aliphatic carbocycles. The molecule has 1 fully saturated rings. The number of nitrogens with zero attached hydrogens (tertiary/aromatic N) is 3. The van der Waals surface area contributed by atoms with Gasteiger partial charge < -0.3 is 14.4 Å². The van der Waals surface area contributed by atoms with Crippen molar-refractivity contribution < 1.29 is 22.7 Å². The van der Waals surface area contributed by atoms with E-state index >= 15 is 0 Å². The van der Waals surface area contributed by atoms with Crippen LogP contribution < -0.4 is 14.2 Å². The molecule has 2 aromatic carbocycles. The number of thiazole rings is 1. The van der Waals surface area contributed by atoms with Crippen molar-refractivity contribution in [1.29, 1.82) is 0 Å². The monoisotopic (exact) mass is 514 g/mol. The minimum absolute atomic E-state index is 0.122. The summed E-state index contributed by atoms with van der Waals surface area (Å²) in [6.45, 7) is 7.30. The number of hydrogen-bond acceptors (Lipinski definition) is 8. The Bertz CT molecular complexity index is 1350. The van der Waals surface area contributed by atoms with E-state index in [0.717, 1.165) is 53.6 Å². The van der Waals surface area contributed by atoms with Gasteiger partial charge in [0, 0.05) is 32.7 Å². The third-order valence-corrected chi connectivity index (χ3v) is 8.59. The van der Waals surface area contributed by atoms with Gasteiger partial charge in [0.2, 0.25) is 6.79 Å². The zero-order chi connectivity index (χ0) is 24.6. The molecule has 0 spiro atoms. The van der Waals surface area contributed by atoms with Crippen molar-refractivity contribution in [2.75, 3.05) is 37.7 Å². The first-order chi connectivity index (χ1) is 16.8. The van der Waals surface area contributed by atoms with Crippen LogP contribution in [0.1, 0.15) is 26.5 Å². The highest BCUT2D eigenvalue weighted by Gasteiger charge is 2.27. The number of amides is 1. The number of carbonyl (C=O) groups excluding carboxylic acids is 1. The third kappa shape index (κ3) is 5.12. The Kier molecular flexibility index (Phi) is 6.39. The van der Waals surface area contributed by atoms with Crippen LogP contribution in [-0.2, 0) is 16.6 Å². The molecule has 0 atom stereocenters. The smallest absolute Gasteiger partial charge is 0.266 e. The predicted octanol–water partition coefficient (Wildman–Crippen LogP) is 3.25. The number of anilines is 1. The van der Waals surface area contributed by atoms with Gasteiger partial charge in [-0.3, -0.25) is 14.4 Å². The third-order valence-electron chi connectivity index (χ3n) is 6.05. The van der Waals surface area contributed by atoms with Crippen molar-refractivity contribution >= 4 is 32.4 Å². The summed E-state index contributed by atoms with van der Waals surface area (Å²) in [5.41, 5.74) is 2.63. The first-order valence-corrected chi connectivity index (χ1v) is 13.6. The number of carbonyl (C=O) groups is 1. The molecule has 5 rings (SSSR count). The van der Waals surface area contributed by atoms with Gasteiger partial charge in [-0.1, -0.05) is 35.1 Å². The molecular weight excluding hydrogens is 488 g/mol. The summed E-state index contributed by atoms with van der Waals surface area (Å²) in [7, 11) is -3.78. The predicted molar refractivity (Wildman–Crippen MR) is 133 cm³/mol. The molecule has 0 bridgehead atoms. The molecule has 1 saturated heterocycles. The Hall–Kier alpha value is -3.15. The Labute approximate surface area is 208 Å². The fourth-order valence-electron chi connectivity index (χ4n) is 4.08. The molecule has 3 aromatic rings. The van der Waals surface area contributed by atoms with Gasteiger partial charge in [-0.05, 0) is 43.7 Å². The Morgan fingerprint density at radius 3 is 2.49 bits per heavy atom. The molecule has 3 heterocycles. The lowest BCUT2D eigenvalue weighted by Crippen LogP contribution is -2.48. The average molecular weight is 515 g/mol. The molecule has 0 saturated carbocycles. The minimum atomic E-state index is -3.78. The first kappa shape index (κ1) is 23.6. The van der Waals surface area contributed by atoms with Gasteiger partial charge in [-0.15, -0.1) is 0 Å². The normalized spacial score (nSPS) is 15.9. The summed E-state index contributed by atoms with van der Waals surface area (Å²) >= 11 is 1.07. The second-order valence-corrected chi connectivity index (χ2v) is 11.3. The molecule has 184 valence electrons. The van der Waals surface area contributed by atoms with Gasteiger partial charge in [0.15, 0.2) is 16.6 Å². The Morgan fingerprint density at radius 2 is 1.74 bits per heavy atom. The van der Waals surface area contributed by atoms with Crippen LogP contribution in [0, 0.1) is 13.8 Å². The summed E-state index contributed by atoms with van der Waals surface area (Å²) in [5, 5.41) is 0.188. The van der Waals surface area contributed by atoms with Crippen molar-refractivity contribution in [3.05, 3.63) is 64.2 Å². The van der Waals surface area contributed by atoms with Crippen molar-refractivity contribution in [3.8, 4) is 11.5 Å². The van der Waals surface area contributed by atoms with E-state index in [1.165, 1.54) is 0 Å². The van der Waals surface area contributed by atoms with Gasteiger partial charge in [0.1, 0.15) is 4.88 Å². The van der Waals surface area contributed by atoms with Crippen molar-refractivity contribution in [2.45, 2.75) is 25.3 Å². The molecule has 11 heteroatoms. The molecular formula is C24H26N4O5S2. The summed E-state index contributed by atoms with van der Waals surface area (Å²) < 4.78 is 38.7. The second kappa shape index (κ2) is 9.48. The van der Waals surface area contributed by atoms with Gasteiger partial charge in [0.25, 0.3) is 15.9 Å². The van der Waals surface area contributed by atoms with E-state index < -0.39 is 10.0 Å². The zero-order valence-corrected chi connectivity index (χ0v) is 21.1. The topological polar surface area (TPSA) is 101 Å². The lowest BCUT2D eigenvalue weighted by molar-refractivity contribution is 0.0632. The Balaban J connectivity index is 1.20. The number of benzene rings is 2. The molecule has 1 aromatic heterocycles. The number of fused-ring (bicyclic) bond motifs is 1. The molecule has 35 heavy (non-hydrogen) atoms. The van der Waals surface area contributed by atoms with E-state index in [1.807, 2.05) is 25.1 Å². The van der Waals surface area contributed by atoms with Crippen LogP contribution >= 0.6 is 11.3 Å². The Morgan fingerprint density at radius 1 is 1.03 bits per heavy atom. The van der Waals surface area contributed by atoms with Gasteiger partial charge >= 0.3 is 0 Å². The summed E-state index contributed by atoms with van der Waals surface area (Å²) in [4.78, 5) is 22.2. The molecule has 1 N–H and O–H groups in total. The number of aromatic nitrogens is 1. The molecule has 0 unspecified atom stereocenters. The number of aryl methyl sites for hydroxylation is 2. The van der Waals surface area contributed by atoms with Crippen molar-refractivity contribution in [2.24, 2.45) is 0 Å². The highest BCUT2D eigenvalue weighted by molar-refractivity contribution is 7.93. The largest absolute Gasteiger partial charge is 0.454 e. The maximum atomic E-state index is 13.2. The molecule has 9 nitrogen and oxygen atoms in total. The second-order valence-electron chi connectivity index (χ2n) is 8.61. The maximum absolute atomic E-state index is 13.2. The number of hydrogen-bond donors (Lipinski definition) is 1. The van der Waals surface area contributed by atoms with Gasteiger partial charge in [-0.25, -0.2) is 13.4 Å². The van der Waals surface area contributed by atoms with E-state index in [0.29, 0.717) is 23.7 Å². The van der Waals surface area contributed by atoms with Crippen LogP contribution in [0.2, 0.25) is 0 Å². The first-order valence-electron chi connectivity index (χ1n) is 11.3. The maximum Gasteiger partial charge on any atom is 0.266 e. The van der Waals surface area contributed by atoms with E-state index in [9.17, 15) is 13.2 Å². The lowest BCUT2D eigenvalue weighted by Gasteiger charge is -2.34. The SMILES string of the molecule is Cc1ccc(S(=O)(=O)Nc2nc(C)c(C(=O)N3CCN(Cc4ccc5c(c4)OCO5)CC3)s2)cc1. The van der Waals surface area contributed by atoms with E-state index in [-0.39, 0.29) is 22.7 Å². The quantitative estimate of drug-likeness (QED) is 0.539. The average Bonchev–Trinajstić information content (AvgIpc) is 3.44. The van der Waals surface area contributed by atoms with Gasteiger partial charge in [-0.2, -0.15) is 0 Å². The number of sulfonamides is 1. The van der Waals surface area contributed by atoms with E-state index in [1.54, 1.807) is 36.1 Å². The zero-order valence-electron chi connectivity index (χ0n) is 19.5. The van der Waals surface area contributed by atoms with Crippen molar-refractivity contribution in [1.82, 2.24) is 14.8 Å². The summed E-state index contributed by atoms with van der Waals surface area (Å²) in [6.07, 6.45) is 0. The molecule has 1 amide bonds. The van der Waals surface area contributed by atoms with Crippen LogP contribution in [0.4, 0.5) is 5.13 Å². The van der Waals surface area contributed by atoms with Gasteiger partial charge in [0.05, 0.1) is 10.6 Å². The lowest BCUT2D eigenvalue weighted by atomic mass is 10.1. The minimum Gasteiger partial charge on any atom is -0.454 e. The number of piperazine rings is 1. The molecule has 2 aliphatic rings. The standard InChI is InChI=1S/C24H26N4O5S2/c1-16-3-6-19(7-4-16)35(30,31)26-24-25-17(2)22(34-24)23(29)28-11-9-27(10-12-28)14-18-5-8-20-21(13-18)33-15-32-20/h3-8,13H,9-12,14-15H2,1-2H3,(H,25,26). The number of nitrogens with one attached hydrogen (secondary N) is 1. The highest BCUT2D eigenvalue weighted by Crippen LogP contribution is 2.33. The van der Waals surface area contributed by atoms with Crippen LogP contribution in [0.25, 0.3) is 0 Å². The number of rotatable bonds is 6. The van der Waals surface area contributed by atoms with Crippen LogP contribution in [0.15, 0.2) is 47.4 Å². The summed E-state index contributed by atoms with van der Waals surface area (Å²) in [5.74, 6) is 1.42. The number of ether oxygens (including phenoxy) is 2.